The van der Waals surface area contributed by atoms with Gasteiger partial charge < -0.3 is 14.4 Å². The lowest BCUT2D eigenvalue weighted by Crippen LogP contribution is -2.29. The normalized spacial score (nSPS) is 15.3. The van der Waals surface area contributed by atoms with Crippen LogP contribution in [0.4, 0.5) is 10.5 Å². The predicted molar refractivity (Wildman–Crippen MR) is 127 cm³/mol. The van der Waals surface area contributed by atoms with E-state index in [1.807, 2.05) is 67.5 Å². The van der Waals surface area contributed by atoms with Gasteiger partial charge in [-0.25, -0.2) is 4.79 Å². The summed E-state index contributed by atoms with van der Waals surface area (Å²) in [5.74, 6) is 1.11. The molecule has 1 heterocycles. The van der Waals surface area contributed by atoms with Crippen molar-refractivity contribution in [2.75, 3.05) is 26.1 Å². The van der Waals surface area contributed by atoms with Gasteiger partial charge in [-0.1, -0.05) is 35.9 Å². The number of nitrogens with zero attached hydrogens (tertiary/aromatic N) is 3. The van der Waals surface area contributed by atoms with Crippen LogP contribution in [0.25, 0.3) is 0 Å². The molecule has 0 aliphatic carbocycles. The average Bonchev–Trinajstić information content (AvgIpc) is 3.26. The molecule has 1 atom stereocenters. The van der Waals surface area contributed by atoms with Gasteiger partial charge in [0.1, 0.15) is 11.5 Å². The van der Waals surface area contributed by atoms with Crippen LogP contribution < -0.4 is 14.4 Å². The highest BCUT2D eigenvalue weighted by Gasteiger charge is 2.34. The Morgan fingerprint density at radius 3 is 2.19 bits per heavy atom. The molecule has 0 N–H and O–H groups in total. The number of hydrazone groups is 1. The first-order valence-electron chi connectivity index (χ1n) is 10.2. The lowest BCUT2D eigenvalue weighted by molar-refractivity contribution is 0.141. The molecular weight excluding hydrogens is 426 g/mol. The van der Waals surface area contributed by atoms with Crippen molar-refractivity contribution in [2.24, 2.45) is 5.10 Å². The Morgan fingerprint density at radius 2 is 1.59 bits per heavy atom. The van der Waals surface area contributed by atoms with Crippen LogP contribution in [0, 0.1) is 0 Å². The van der Waals surface area contributed by atoms with Crippen molar-refractivity contribution >= 4 is 29.1 Å². The molecule has 164 valence electrons. The molecule has 0 spiro atoms. The minimum Gasteiger partial charge on any atom is -0.497 e. The zero-order valence-corrected chi connectivity index (χ0v) is 18.9. The molecule has 0 bridgehead atoms. The van der Waals surface area contributed by atoms with Gasteiger partial charge in [0.25, 0.3) is 0 Å². The fraction of sp³-hybridized carbons (Fsp3) is 0.200. The number of hydrogen-bond acceptors (Lipinski definition) is 5. The van der Waals surface area contributed by atoms with Crippen molar-refractivity contribution in [3.63, 3.8) is 0 Å². The first-order chi connectivity index (χ1) is 15.4. The molecule has 0 saturated heterocycles. The Hall–Kier alpha value is -3.51. The number of amides is 1. The Labute approximate surface area is 192 Å². The summed E-state index contributed by atoms with van der Waals surface area (Å²) >= 11 is 6.04. The summed E-state index contributed by atoms with van der Waals surface area (Å²) in [5, 5.41) is 6.70. The molecule has 7 heteroatoms. The molecule has 32 heavy (non-hydrogen) atoms. The summed E-state index contributed by atoms with van der Waals surface area (Å²) in [6.07, 6.45) is 0.0292. The highest BCUT2D eigenvalue weighted by molar-refractivity contribution is 6.30. The van der Waals surface area contributed by atoms with Gasteiger partial charge in [0.05, 0.1) is 18.9 Å². The number of halogens is 1. The van der Waals surface area contributed by atoms with Gasteiger partial charge in [0.15, 0.2) is 0 Å². The molecule has 1 aliphatic rings. The van der Waals surface area contributed by atoms with Crippen molar-refractivity contribution in [1.29, 1.82) is 0 Å². The average molecular weight is 450 g/mol. The van der Waals surface area contributed by atoms with Crippen LogP contribution in [-0.2, 0) is 0 Å². The van der Waals surface area contributed by atoms with Crippen LogP contribution in [0.1, 0.15) is 23.6 Å². The Kier molecular flexibility index (Phi) is 6.32. The lowest BCUT2D eigenvalue weighted by Gasteiger charge is -2.22. The molecule has 3 aromatic rings. The number of carbonyl (C=O) groups excluding carboxylic acids is 1. The molecule has 1 aliphatic heterocycles. The van der Waals surface area contributed by atoms with Gasteiger partial charge in [0, 0.05) is 31.2 Å². The predicted octanol–water partition coefficient (Wildman–Crippen LogP) is 5.76. The molecule has 0 saturated carbocycles. The molecule has 4 rings (SSSR count). The molecule has 3 aromatic carbocycles. The van der Waals surface area contributed by atoms with Crippen LogP contribution >= 0.6 is 11.6 Å². The largest absolute Gasteiger partial charge is 0.497 e. The van der Waals surface area contributed by atoms with E-state index in [-0.39, 0.29) is 6.04 Å². The van der Waals surface area contributed by atoms with Crippen LogP contribution in [0.15, 0.2) is 77.9 Å². The van der Waals surface area contributed by atoms with Crippen molar-refractivity contribution in [3.05, 3.63) is 88.9 Å². The fourth-order valence-electron chi connectivity index (χ4n) is 3.54. The fourth-order valence-corrected chi connectivity index (χ4v) is 3.67. The van der Waals surface area contributed by atoms with Gasteiger partial charge in [-0.2, -0.15) is 10.1 Å². The molecule has 0 aromatic heterocycles. The van der Waals surface area contributed by atoms with E-state index in [4.69, 9.17) is 21.1 Å². The monoisotopic (exact) mass is 449 g/mol. The van der Waals surface area contributed by atoms with Gasteiger partial charge in [-0.3, -0.25) is 0 Å². The summed E-state index contributed by atoms with van der Waals surface area (Å²) in [4.78, 5) is 15.1. The van der Waals surface area contributed by atoms with E-state index in [0.29, 0.717) is 22.9 Å². The second-order valence-corrected chi connectivity index (χ2v) is 8.08. The Balaban J connectivity index is 1.62. The van der Waals surface area contributed by atoms with E-state index in [2.05, 4.69) is 5.10 Å². The molecule has 0 radical (unpaired) electrons. The van der Waals surface area contributed by atoms with Crippen LogP contribution in [-0.4, -0.2) is 38.0 Å². The molecule has 1 amide bonds. The topological polar surface area (TPSA) is 54.4 Å². The Bertz CT molecular complexity index is 1110. The van der Waals surface area contributed by atoms with E-state index >= 15 is 0 Å². The number of methoxy groups -OCH3 is 1. The zero-order chi connectivity index (χ0) is 22.7. The Morgan fingerprint density at radius 1 is 0.969 bits per heavy atom. The van der Waals surface area contributed by atoms with Gasteiger partial charge in [-0.15, -0.1) is 0 Å². The molecular formula is C25H24ClN3O3. The number of benzene rings is 3. The summed E-state index contributed by atoms with van der Waals surface area (Å²) in [5.41, 5.74) is 3.78. The molecule has 0 fully saturated rings. The molecule has 1 unspecified atom stereocenters. The summed E-state index contributed by atoms with van der Waals surface area (Å²) in [7, 11) is 5.57. The quantitative estimate of drug-likeness (QED) is 0.496. The van der Waals surface area contributed by atoms with Crippen LogP contribution in [0.2, 0.25) is 5.02 Å². The SMILES string of the molecule is COc1ccc(OC(=O)N2N=C(c3ccc(Cl)cc3)CC2c2ccc(N(C)C)cc2)cc1. The maximum atomic E-state index is 13.1. The first kappa shape index (κ1) is 21.7. The van der Waals surface area contributed by atoms with E-state index in [1.54, 1.807) is 31.4 Å². The van der Waals surface area contributed by atoms with Gasteiger partial charge >= 0.3 is 6.09 Å². The summed E-state index contributed by atoms with van der Waals surface area (Å²) in [6.45, 7) is 0. The highest BCUT2D eigenvalue weighted by atomic mass is 35.5. The summed E-state index contributed by atoms with van der Waals surface area (Å²) < 4.78 is 10.8. The lowest BCUT2D eigenvalue weighted by atomic mass is 9.98. The van der Waals surface area contributed by atoms with Gasteiger partial charge in [-0.05, 0) is 59.7 Å². The smallest absolute Gasteiger partial charge is 0.436 e. The third kappa shape index (κ3) is 4.70. The van der Waals surface area contributed by atoms with Crippen molar-refractivity contribution in [3.8, 4) is 11.5 Å². The number of hydrogen-bond donors (Lipinski definition) is 0. The third-order valence-electron chi connectivity index (χ3n) is 5.33. The van der Waals surface area contributed by atoms with Crippen molar-refractivity contribution in [1.82, 2.24) is 5.01 Å². The standard InChI is InChI=1S/C25H24ClN3O3/c1-28(2)20-10-6-18(7-11-20)24-16-23(17-4-8-19(26)9-5-17)27-29(24)25(30)32-22-14-12-21(31-3)13-15-22/h4-15,24H,16H2,1-3H3. The first-order valence-corrected chi connectivity index (χ1v) is 10.6. The molecule has 6 nitrogen and oxygen atoms in total. The minimum atomic E-state index is -0.541. The van der Waals surface area contributed by atoms with Crippen molar-refractivity contribution < 1.29 is 14.3 Å². The second kappa shape index (κ2) is 9.32. The maximum Gasteiger partial charge on any atom is 0.436 e. The van der Waals surface area contributed by atoms with Gasteiger partial charge in [0.2, 0.25) is 0 Å². The van der Waals surface area contributed by atoms with E-state index < -0.39 is 6.09 Å². The highest BCUT2D eigenvalue weighted by Crippen LogP contribution is 2.34. The van der Waals surface area contributed by atoms with E-state index in [9.17, 15) is 4.79 Å². The number of rotatable bonds is 5. The zero-order valence-electron chi connectivity index (χ0n) is 18.2. The van der Waals surface area contributed by atoms with E-state index in [0.717, 1.165) is 22.5 Å². The number of carbonyl (C=O) groups is 1. The third-order valence-corrected chi connectivity index (χ3v) is 5.59. The van der Waals surface area contributed by atoms with E-state index in [1.165, 1.54) is 5.01 Å². The maximum absolute atomic E-state index is 13.1. The second-order valence-electron chi connectivity index (χ2n) is 7.65. The van der Waals surface area contributed by atoms with Crippen LogP contribution in [0.3, 0.4) is 0 Å². The number of anilines is 1. The summed E-state index contributed by atoms with van der Waals surface area (Å²) in [6, 6.07) is 22.2. The van der Waals surface area contributed by atoms with Crippen molar-refractivity contribution in [2.45, 2.75) is 12.5 Å². The number of ether oxygens (including phenoxy) is 2. The van der Waals surface area contributed by atoms with Crippen LogP contribution in [0.5, 0.6) is 11.5 Å². The minimum absolute atomic E-state index is 0.275.